The van der Waals surface area contributed by atoms with Crippen molar-refractivity contribution in [3.63, 3.8) is 0 Å². The Labute approximate surface area is 127 Å². The quantitative estimate of drug-likeness (QED) is 0.306. The molecule has 0 aliphatic heterocycles. The standard InChI is InChI=1S/2CH4O.4CHO.2CH3.2Mo/c6*1-2;;;;/h2*2H,1H3;4*1H;2*1H3;;/q;;6*-1;+2;+4. The number of aliphatic hydroxyl groups is 2. The third kappa shape index (κ3) is 4310000. The second-order valence-electron chi connectivity index (χ2n) is 0. The fraction of sp³-hybridized carbons (Fsp3) is 0.250. The predicted molar refractivity (Wildman–Crippen MR) is 56.1 cm³/mol. The third-order valence-electron chi connectivity index (χ3n) is 0. The molecule has 98 valence electrons. The second kappa shape index (κ2) is 5350000. The van der Waals surface area contributed by atoms with Crippen LogP contribution in [0.5, 0.6) is 0 Å². The first-order chi connectivity index (χ1) is 6.00. The first-order valence-electron chi connectivity index (χ1n) is 1.84. The minimum atomic E-state index is 0. The Morgan fingerprint density at radius 1 is 0.562 bits per heavy atom. The van der Waals surface area contributed by atoms with Gasteiger partial charge in [0.15, 0.2) is 0 Å². The van der Waals surface area contributed by atoms with Crippen molar-refractivity contribution in [2.24, 2.45) is 0 Å². The molecule has 0 aromatic carbocycles. The van der Waals surface area contributed by atoms with Crippen molar-refractivity contribution >= 4 is 27.2 Å². The van der Waals surface area contributed by atoms with Crippen LogP contribution in [0.2, 0.25) is 0 Å². The van der Waals surface area contributed by atoms with Crippen LogP contribution in [0.3, 0.4) is 0 Å². The maximum atomic E-state index is 7.75. The Balaban J connectivity index is -0.00000000321. The zero-order valence-electron chi connectivity index (χ0n) is 9.65. The van der Waals surface area contributed by atoms with E-state index in [0.29, 0.717) is 0 Å². The molecule has 8 heteroatoms. The molecule has 0 atom stereocenters. The zero-order valence-corrected chi connectivity index (χ0v) is 13.7. The van der Waals surface area contributed by atoms with Gasteiger partial charge in [-0.1, -0.05) is 0 Å². The van der Waals surface area contributed by atoms with Gasteiger partial charge in [0.2, 0.25) is 0 Å². The summed E-state index contributed by atoms with van der Waals surface area (Å²) in [5.41, 5.74) is 0. The van der Waals surface area contributed by atoms with E-state index < -0.39 is 0 Å². The van der Waals surface area contributed by atoms with Crippen LogP contribution < -0.4 is 0 Å². The number of rotatable bonds is 0. The molecule has 0 spiro atoms. The molecular formula is C8H18Mo2O6. The third-order valence-corrected chi connectivity index (χ3v) is 0. The van der Waals surface area contributed by atoms with Crippen LogP contribution in [0.25, 0.3) is 0 Å². The van der Waals surface area contributed by atoms with Gasteiger partial charge in [0.1, 0.15) is 0 Å². The van der Waals surface area contributed by atoms with Crippen molar-refractivity contribution in [1.82, 2.24) is 0 Å². The Kier molecular flexibility index (Phi) is 33600000. The average Bonchev–Trinajstić information content (AvgIpc) is 2.33. The van der Waals surface area contributed by atoms with Gasteiger partial charge in [0, 0.05) is 14.2 Å². The number of aliphatic hydroxyl groups excluding tert-OH is 2. The molecule has 0 aliphatic carbocycles. The van der Waals surface area contributed by atoms with Crippen LogP contribution in [0.15, 0.2) is 0 Å². The molecular weight excluding hydrogens is 384 g/mol. The number of hydrogen-bond donors (Lipinski definition) is 2. The van der Waals surface area contributed by atoms with Gasteiger partial charge >= 0.3 is 42.1 Å². The summed E-state index contributed by atoms with van der Waals surface area (Å²) in [4.78, 5) is 31.0. The van der Waals surface area contributed by atoms with Crippen molar-refractivity contribution in [2.45, 2.75) is 0 Å². The van der Waals surface area contributed by atoms with Gasteiger partial charge in [0.25, 0.3) is 0 Å². The summed E-state index contributed by atoms with van der Waals surface area (Å²) >= 11 is 0. The van der Waals surface area contributed by atoms with E-state index in [9.17, 15) is 0 Å². The van der Waals surface area contributed by atoms with Crippen LogP contribution in [0.4, 0.5) is 0 Å². The van der Waals surface area contributed by atoms with Crippen LogP contribution in [-0.2, 0) is 61.3 Å². The second-order valence-corrected chi connectivity index (χ2v) is 0. The fourth-order valence-corrected chi connectivity index (χ4v) is 0. The molecule has 0 bridgehead atoms. The van der Waals surface area contributed by atoms with E-state index >= 15 is 0 Å². The van der Waals surface area contributed by atoms with E-state index in [1.54, 1.807) is 0 Å². The summed E-state index contributed by atoms with van der Waals surface area (Å²) in [6.45, 7) is 13.0. The zero-order chi connectivity index (χ0) is 12.0. The van der Waals surface area contributed by atoms with Crippen molar-refractivity contribution in [2.75, 3.05) is 14.2 Å². The molecule has 0 saturated heterocycles. The topological polar surface area (TPSA) is 109 Å². The molecule has 2 N–H and O–H groups in total. The molecule has 16 heavy (non-hydrogen) atoms. The van der Waals surface area contributed by atoms with Crippen molar-refractivity contribution < 1.29 is 71.5 Å². The van der Waals surface area contributed by atoms with Crippen molar-refractivity contribution in [1.29, 1.82) is 0 Å². The Morgan fingerprint density at radius 3 is 0.562 bits per heavy atom. The van der Waals surface area contributed by atoms with Gasteiger partial charge in [-0.05, 0) is 0 Å². The summed E-state index contributed by atoms with van der Waals surface area (Å²) < 4.78 is 0. The van der Waals surface area contributed by atoms with E-state index in [2.05, 4.69) is 27.2 Å². The predicted octanol–water partition coefficient (Wildman–Crippen LogP) is -0.984. The molecule has 0 unspecified atom stereocenters. The summed E-state index contributed by atoms with van der Waals surface area (Å²) in [7, 11) is 2.00. The smallest absolute Gasteiger partial charge is 0.545 e. The monoisotopic (exact) mass is 406 g/mol. The Morgan fingerprint density at radius 2 is 0.562 bits per heavy atom. The van der Waals surface area contributed by atoms with Crippen LogP contribution >= 0.6 is 0 Å². The van der Waals surface area contributed by atoms with E-state index in [4.69, 9.17) is 29.4 Å². The minimum absolute atomic E-state index is 0. The van der Waals surface area contributed by atoms with Gasteiger partial charge < -0.3 is 44.2 Å². The summed E-state index contributed by atoms with van der Waals surface area (Å²) in [6.07, 6.45) is 0. The first kappa shape index (κ1) is 100. The fourth-order valence-electron chi connectivity index (χ4n) is 0. The van der Waals surface area contributed by atoms with Gasteiger partial charge in [-0.25, -0.2) is 0 Å². The number of carbonyl (C=O) groups excluding carboxylic acids is 4. The molecule has 0 heterocycles. The van der Waals surface area contributed by atoms with E-state index in [-0.39, 0.29) is 57.0 Å². The van der Waals surface area contributed by atoms with Crippen molar-refractivity contribution in [3.05, 3.63) is 14.9 Å². The van der Waals surface area contributed by atoms with Crippen LogP contribution in [0, 0.1) is 14.9 Å². The molecule has 0 aliphatic rings. The molecule has 0 rings (SSSR count). The Bertz CT molecular complexity index is 30.5. The number of hydrogen-bond acceptors (Lipinski definition) is 6. The normalized spacial score (nSPS) is 1.75. The average molecular weight is 402 g/mol. The molecule has 0 aromatic heterocycles. The van der Waals surface area contributed by atoms with Gasteiger partial charge in [-0.2, -0.15) is 0 Å². The van der Waals surface area contributed by atoms with Gasteiger partial charge in [-0.15, -0.1) is 0 Å². The molecule has 0 amide bonds. The maximum absolute atomic E-state index is 7.75. The molecule has 0 saturated carbocycles. The Hall–Kier alpha value is -0.0234. The van der Waals surface area contributed by atoms with Crippen LogP contribution in [-0.4, -0.2) is 51.6 Å². The van der Waals surface area contributed by atoms with E-state index in [0.717, 1.165) is 14.2 Å². The first-order valence-corrected chi connectivity index (χ1v) is 1.84. The van der Waals surface area contributed by atoms with Gasteiger partial charge in [-0.3, -0.25) is 27.2 Å². The van der Waals surface area contributed by atoms with Crippen LogP contribution in [0.1, 0.15) is 0 Å². The van der Waals surface area contributed by atoms with E-state index in [1.165, 1.54) is 0 Å². The molecule has 6 nitrogen and oxygen atoms in total. The maximum Gasteiger partial charge on any atom is 4.00 e. The van der Waals surface area contributed by atoms with E-state index in [1.807, 2.05) is 0 Å². The molecule has 0 radical (unpaired) electrons. The SMILES string of the molecule is CO.CO.[CH-]=O.[CH-]=O.[CH-]=O.[CH-]=O.[CH3-].[CH3-].[Mo+2].[Mo+4]. The largest absolute Gasteiger partial charge is 4.00 e. The summed E-state index contributed by atoms with van der Waals surface area (Å²) in [6, 6.07) is 0. The molecule has 0 aromatic rings. The molecule has 0 fully saturated rings. The summed E-state index contributed by atoms with van der Waals surface area (Å²) in [5.74, 6) is 0. The van der Waals surface area contributed by atoms with Gasteiger partial charge in [0.05, 0.1) is 0 Å². The minimum Gasteiger partial charge on any atom is -0.545 e. The summed E-state index contributed by atoms with van der Waals surface area (Å²) in [5, 5.41) is 14.0. The van der Waals surface area contributed by atoms with Crippen molar-refractivity contribution in [3.8, 4) is 0 Å².